The summed E-state index contributed by atoms with van der Waals surface area (Å²) in [5.74, 6) is -0.173. The molecule has 16 heavy (non-hydrogen) atoms. The van der Waals surface area contributed by atoms with Gasteiger partial charge in [0.1, 0.15) is 19.0 Å². The second-order valence-corrected chi connectivity index (χ2v) is 3.33. The number of nitrogens with one attached hydrogen (secondary N) is 1. The third kappa shape index (κ3) is 11.1. The molecule has 3 unspecified atom stereocenters. The average Bonchev–Trinajstić information content (AvgIpc) is 2.19. The highest BCUT2D eigenvalue weighted by Crippen LogP contribution is 1.98. The van der Waals surface area contributed by atoms with Crippen LogP contribution in [0.4, 0.5) is 8.78 Å². The van der Waals surface area contributed by atoms with Crippen LogP contribution in [-0.2, 0) is 9.53 Å². The average molecular weight is 237 g/mol. The lowest BCUT2D eigenvalue weighted by atomic mass is 10.2. The lowest BCUT2D eigenvalue weighted by molar-refractivity contribution is -0.120. The van der Waals surface area contributed by atoms with Gasteiger partial charge in [-0.3, -0.25) is 4.79 Å². The Labute approximate surface area is 95.9 Å². The number of carbonyl (C=O) groups excluding carboxylic acids is 1. The topological polar surface area (TPSA) is 38.3 Å². The van der Waals surface area contributed by atoms with Crippen LogP contribution in [0, 0.1) is 0 Å². The van der Waals surface area contributed by atoms with E-state index in [1.54, 1.807) is 6.92 Å². The number of hydrogen-bond acceptors (Lipinski definition) is 2. The lowest BCUT2D eigenvalue weighted by Crippen LogP contribution is -2.42. The van der Waals surface area contributed by atoms with Gasteiger partial charge in [-0.1, -0.05) is 6.08 Å². The minimum absolute atomic E-state index is 0.173. The zero-order valence-corrected chi connectivity index (χ0v) is 10.3. The molecule has 1 amide bonds. The summed E-state index contributed by atoms with van der Waals surface area (Å²) in [6, 6.07) is -0.275. The molecule has 96 valence electrons. The molecule has 0 aromatic rings. The van der Waals surface area contributed by atoms with Crippen molar-refractivity contribution in [2.45, 2.75) is 39.1 Å². The van der Waals surface area contributed by atoms with Crippen molar-refractivity contribution >= 4 is 5.91 Å². The molecule has 0 aromatic heterocycles. The molecule has 3 nitrogen and oxygen atoms in total. The number of ether oxygens (including phenoxy) is 1. The second-order valence-electron chi connectivity index (χ2n) is 3.33. The maximum Gasteiger partial charge on any atom is 0.217 e. The van der Waals surface area contributed by atoms with Crippen molar-refractivity contribution in [2.75, 3.05) is 13.8 Å². The van der Waals surface area contributed by atoms with Crippen molar-refractivity contribution in [3.8, 4) is 0 Å². The standard InChI is InChI=1S/C7H14FNO2.C4H7F/c1-5(9-6(2)10)7(4-8)11-3;1-3-4(2)5/h5,7H,4H2,1-3H3,(H,9,10);3-4H,1H2,2H3. The van der Waals surface area contributed by atoms with E-state index in [0.717, 1.165) is 0 Å². The SMILES string of the molecule is C=CC(C)F.COC(CF)C(C)NC(C)=O. The van der Waals surface area contributed by atoms with Gasteiger partial charge in [-0.15, -0.1) is 6.58 Å². The highest BCUT2D eigenvalue weighted by Gasteiger charge is 2.16. The first-order chi connectivity index (χ1) is 7.38. The van der Waals surface area contributed by atoms with Crippen LogP contribution < -0.4 is 5.32 Å². The highest BCUT2D eigenvalue weighted by molar-refractivity contribution is 5.73. The van der Waals surface area contributed by atoms with Crippen molar-refractivity contribution < 1.29 is 18.3 Å². The Kier molecular flexibility index (Phi) is 11.5. The van der Waals surface area contributed by atoms with Crippen LogP contribution in [-0.4, -0.2) is 38.0 Å². The molecule has 1 N–H and O–H groups in total. The molecule has 0 fully saturated rings. The van der Waals surface area contributed by atoms with Crippen molar-refractivity contribution in [2.24, 2.45) is 0 Å². The predicted octanol–water partition coefficient (Wildman–Crippen LogP) is 2.03. The van der Waals surface area contributed by atoms with Gasteiger partial charge in [-0.25, -0.2) is 8.78 Å². The number of carbonyl (C=O) groups is 1. The normalized spacial score (nSPS) is 15.1. The van der Waals surface area contributed by atoms with E-state index in [2.05, 4.69) is 11.9 Å². The molecule has 0 aliphatic heterocycles. The van der Waals surface area contributed by atoms with E-state index in [9.17, 15) is 13.6 Å². The minimum Gasteiger partial charge on any atom is -0.377 e. The molecule has 0 bridgehead atoms. The largest absolute Gasteiger partial charge is 0.377 e. The molecule has 0 heterocycles. The van der Waals surface area contributed by atoms with Crippen molar-refractivity contribution in [3.05, 3.63) is 12.7 Å². The van der Waals surface area contributed by atoms with Crippen LogP contribution in [0.15, 0.2) is 12.7 Å². The first-order valence-electron chi connectivity index (χ1n) is 5.01. The fourth-order valence-corrected chi connectivity index (χ4v) is 0.814. The van der Waals surface area contributed by atoms with Gasteiger partial charge < -0.3 is 10.1 Å². The third-order valence-electron chi connectivity index (χ3n) is 1.77. The van der Waals surface area contributed by atoms with Gasteiger partial charge in [-0.2, -0.15) is 0 Å². The van der Waals surface area contributed by atoms with E-state index >= 15 is 0 Å². The van der Waals surface area contributed by atoms with Crippen LogP contribution in [0.1, 0.15) is 20.8 Å². The molecule has 3 atom stereocenters. The molecule has 0 aromatic carbocycles. The smallest absolute Gasteiger partial charge is 0.217 e. The van der Waals surface area contributed by atoms with E-state index in [1.165, 1.54) is 27.0 Å². The fraction of sp³-hybridized carbons (Fsp3) is 0.727. The summed E-state index contributed by atoms with van der Waals surface area (Å²) >= 11 is 0. The number of hydrogen-bond donors (Lipinski definition) is 1. The van der Waals surface area contributed by atoms with E-state index in [1.807, 2.05) is 0 Å². The maximum atomic E-state index is 12.1. The summed E-state index contributed by atoms with van der Waals surface area (Å²) in [5.41, 5.74) is 0. The van der Waals surface area contributed by atoms with Gasteiger partial charge >= 0.3 is 0 Å². The van der Waals surface area contributed by atoms with E-state index in [-0.39, 0.29) is 11.9 Å². The highest BCUT2D eigenvalue weighted by atomic mass is 19.1. The molecular formula is C11H21F2NO2. The Bertz CT molecular complexity index is 194. The Morgan fingerprint density at radius 1 is 1.56 bits per heavy atom. The zero-order chi connectivity index (χ0) is 13.1. The van der Waals surface area contributed by atoms with Crippen LogP contribution in [0.3, 0.4) is 0 Å². The van der Waals surface area contributed by atoms with Crippen LogP contribution in [0.5, 0.6) is 0 Å². The predicted molar refractivity (Wildman–Crippen MR) is 60.8 cm³/mol. The Balaban J connectivity index is 0. The number of halogens is 2. The molecule has 0 radical (unpaired) electrons. The molecule has 0 saturated heterocycles. The molecule has 0 saturated carbocycles. The van der Waals surface area contributed by atoms with E-state index < -0.39 is 19.0 Å². The molecule has 0 aliphatic carbocycles. The molecular weight excluding hydrogens is 216 g/mol. The molecule has 0 rings (SSSR count). The van der Waals surface area contributed by atoms with Gasteiger partial charge in [-0.05, 0) is 13.8 Å². The quantitative estimate of drug-likeness (QED) is 0.743. The van der Waals surface area contributed by atoms with Crippen LogP contribution >= 0.6 is 0 Å². The summed E-state index contributed by atoms with van der Waals surface area (Å²) in [4.78, 5) is 10.5. The monoisotopic (exact) mass is 237 g/mol. The molecule has 5 heteroatoms. The van der Waals surface area contributed by atoms with Gasteiger partial charge in [0.25, 0.3) is 0 Å². The summed E-state index contributed by atoms with van der Waals surface area (Å²) in [6.45, 7) is 7.13. The zero-order valence-electron chi connectivity index (χ0n) is 10.3. The fourth-order valence-electron chi connectivity index (χ4n) is 0.814. The third-order valence-corrected chi connectivity index (χ3v) is 1.77. The lowest BCUT2D eigenvalue weighted by Gasteiger charge is -2.19. The summed E-state index contributed by atoms with van der Waals surface area (Å²) in [5, 5.41) is 2.54. The Hall–Kier alpha value is -0.970. The summed E-state index contributed by atoms with van der Waals surface area (Å²) < 4.78 is 28.2. The second kappa shape index (κ2) is 10.5. The first kappa shape index (κ1) is 17.4. The van der Waals surface area contributed by atoms with Crippen molar-refractivity contribution in [1.29, 1.82) is 0 Å². The van der Waals surface area contributed by atoms with Crippen molar-refractivity contribution in [1.82, 2.24) is 5.32 Å². The Morgan fingerprint density at radius 2 is 2.00 bits per heavy atom. The number of rotatable bonds is 5. The van der Waals surface area contributed by atoms with E-state index in [4.69, 9.17) is 4.74 Å². The van der Waals surface area contributed by atoms with E-state index in [0.29, 0.717) is 0 Å². The first-order valence-corrected chi connectivity index (χ1v) is 5.01. The molecule has 0 aliphatic rings. The van der Waals surface area contributed by atoms with Gasteiger partial charge in [0.05, 0.1) is 6.04 Å². The number of methoxy groups -OCH3 is 1. The minimum atomic E-state index is -0.852. The summed E-state index contributed by atoms with van der Waals surface area (Å²) in [6.07, 6.45) is -0.145. The number of alkyl halides is 2. The van der Waals surface area contributed by atoms with Crippen LogP contribution in [0.2, 0.25) is 0 Å². The molecule has 0 spiro atoms. The van der Waals surface area contributed by atoms with Crippen LogP contribution in [0.25, 0.3) is 0 Å². The van der Waals surface area contributed by atoms with Crippen molar-refractivity contribution in [3.63, 3.8) is 0 Å². The van der Waals surface area contributed by atoms with Gasteiger partial charge in [0, 0.05) is 14.0 Å². The number of amides is 1. The number of allylic oxidation sites excluding steroid dienone is 1. The van der Waals surface area contributed by atoms with Gasteiger partial charge in [0.2, 0.25) is 5.91 Å². The van der Waals surface area contributed by atoms with Gasteiger partial charge in [0.15, 0.2) is 0 Å². The summed E-state index contributed by atoms with van der Waals surface area (Å²) in [7, 11) is 1.42. The Morgan fingerprint density at radius 3 is 2.19 bits per heavy atom. The maximum absolute atomic E-state index is 12.1.